The molecule has 6 heteroatoms. The van der Waals surface area contributed by atoms with Crippen molar-refractivity contribution in [1.29, 1.82) is 0 Å². The van der Waals surface area contributed by atoms with Crippen molar-refractivity contribution in [2.24, 2.45) is 15.9 Å². The van der Waals surface area contributed by atoms with E-state index in [2.05, 4.69) is 45.0 Å². The number of methoxy groups -OCH3 is 1. The first-order valence-corrected chi connectivity index (χ1v) is 5.61. The van der Waals surface area contributed by atoms with Crippen LogP contribution in [0.4, 0.5) is 0 Å². The van der Waals surface area contributed by atoms with E-state index in [1.54, 1.807) is 0 Å². The summed E-state index contributed by atoms with van der Waals surface area (Å²) in [6, 6.07) is -0.0558. The molecule has 0 radical (unpaired) electrons. The Morgan fingerprint density at radius 2 is 1.88 bits per heavy atom. The number of hydrogen-bond donors (Lipinski definition) is 1. The second kappa shape index (κ2) is 5.84. The summed E-state index contributed by atoms with van der Waals surface area (Å²) in [5, 5.41) is 15.3. The molecule has 17 heavy (non-hydrogen) atoms. The minimum atomic E-state index is -0.777. The number of nitrogens with zero attached hydrogens (tertiary/aromatic N) is 2. The smallest absolute Gasteiger partial charge is 0.358 e. The quantitative estimate of drug-likeness (QED) is 0.356. The van der Waals surface area contributed by atoms with Gasteiger partial charge in [0.25, 0.3) is 0 Å². The van der Waals surface area contributed by atoms with E-state index in [0.717, 1.165) is 6.42 Å². The molecule has 0 heterocycles. The molecule has 0 aromatic rings. The number of nitro groups is 1. The maximum atomic E-state index is 10.2. The molecule has 0 saturated carbocycles. The lowest BCUT2D eigenvalue weighted by molar-refractivity contribution is -0.486. The molecule has 0 aliphatic rings. The second-order valence-corrected chi connectivity index (χ2v) is 5.66. The van der Waals surface area contributed by atoms with Crippen molar-refractivity contribution in [2.45, 2.75) is 41.0 Å². The summed E-state index contributed by atoms with van der Waals surface area (Å²) in [6.07, 6.45) is 0.872. The van der Waals surface area contributed by atoms with E-state index in [1.165, 1.54) is 7.11 Å². The van der Waals surface area contributed by atoms with Gasteiger partial charge in [-0.1, -0.05) is 34.6 Å². The van der Waals surface area contributed by atoms with Gasteiger partial charge in [0.05, 0.1) is 7.11 Å². The molecule has 0 spiro atoms. The van der Waals surface area contributed by atoms with E-state index in [-0.39, 0.29) is 16.9 Å². The zero-order valence-corrected chi connectivity index (χ0v) is 11.5. The lowest BCUT2D eigenvalue weighted by atomic mass is 9.67. The van der Waals surface area contributed by atoms with Gasteiger partial charge in [0.1, 0.15) is 5.10 Å². The van der Waals surface area contributed by atoms with Crippen LogP contribution < -0.4 is 5.32 Å². The third-order valence-corrected chi connectivity index (χ3v) is 3.42. The van der Waals surface area contributed by atoms with Gasteiger partial charge in [-0.3, -0.25) is 0 Å². The SMILES string of the molecule is CO/C(=N\[N+](=O)[O-])NCCC(C)(C)C(C)(C)C. The number of rotatable bonds is 4. The Labute approximate surface area is 103 Å². The van der Waals surface area contributed by atoms with Crippen molar-refractivity contribution in [3.05, 3.63) is 10.1 Å². The molecule has 0 rings (SSSR count). The third-order valence-electron chi connectivity index (χ3n) is 3.42. The Bertz CT molecular complexity index is 293. The van der Waals surface area contributed by atoms with Crippen LogP contribution in [0.5, 0.6) is 0 Å². The Kier molecular flexibility index (Phi) is 5.38. The van der Waals surface area contributed by atoms with Crippen LogP contribution in [0.25, 0.3) is 0 Å². The van der Waals surface area contributed by atoms with Crippen LogP contribution in [0.2, 0.25) is 0 Å². The van der Waals surface area contributed by atoms with Crippen molar-refractivity contribution in [3.63, 3.8) is 0 Å². The van der Waals surface area contributed by atoms with Gasteiger partial charge in [-0.15, -0.1) is 0 Å². The Morgan fingerprint density at radius 3 is 2.24 bits per heavy atom. The highest BCUT2D eigenvalue weighted by molar-refractivity contribution is 5.72. The van der Waals surface area contributed by atoms with E-state index in [1.807, 2.05) is 0 Å². The molecule has 100 valence electrons. The lowest BCUT2D eigenvalue weighted by Crippen LogP contribution is -2.35. The van der Waals surface area contributed by atoms with Crippen LogP contribution in [0, 0.1) is 20.9 Å². The normalized spacial score (nSPS) is 13.4. The fourth-order valence-electron chi connectivity index (χ4n) is 1.08. The topological polar surface area (TPSA) is 76.8 Å². The Balaban J connectivity index is 4.28. The molecule has 0 unspecified atom stereocenters. The standard InChI is InChI=1S/C11H23N3O3/c1-10(2,3)11(4,5)7-8-12-9(17-6)13-14(15)16/h7-8H2,1-6H3,(H,12,13). The van der Waals surface area contributed by atoms with E-state index in [4.69, 9.17) is 4.74 Å². The van der Waals surface area contributed by atoms with Gasteiger partial charge < -0.3 is 10.1 Å². The van der Waals surface area contributed by atoms with Crippen molar-refractivity contribution >= 4 is 6.02 Å². The number of nitrogens with one attached hydrogen (secondary N) is 1. The Hall–Kier alpha value is -1.33. The van der Waals surface area contributed by atoms with Crippen molar-refractivity contribution in [1.82, 2.24) is 5.32 Å². The molecule has 0 amide bonds. The molecule has 0 aromatic carbocycles. The van der Waals surface area contributed by atoms with Crippen LogP contribution in [-0.2, 0) is 4.74 Å². The van der Waals surface area contributed by atoms with E-state index < -0.39 is 5.03 Å². The third kappa shape index (κ3) is 5.51. The molecule has 0 fully saturated rings. The number of hydrazone groups is 1. The molecule has 6 nitrogen and oxygen atoms in total. The van der Waals surface area contributed by atoms with Crippen molar-refractivity contribution in [2.75, 3.05) is 13.7 Å². The highest BCUT2D eigenvalue weighted by Crippen LogP contribution is 2.40. The summed E-state index contributed by atoms with van der Waals surface area (Å²) in [5.74, 6) is 0. The number of amidine groups is 1. The van der Waals surface area contributed by atoms with E-state index >= 15 is 0 Å². The lowest BCUT2D eigenvalue weighted by Gasteiger charge is -2.39. The predicted octanol–water partition coefficient (Wildman–Crippen LogP) is 2.23. The maximum absolute atomic E-state index is 10.2. The monoisotopic (exact) mass is 245 g/mol. The molecule has 0 saturated heterocycles. The average Bonchev–Trinajstić information content (AvgIpc) is 2.13. The summed E-state index contributed by atoms with van der Waals surface area (Å²) in [4.78, 5) is 10.2. The van der Waals surface area contributed by atoms with Crippen LogP contribution in [0.3, 0.4) is 0 Å². The van der Waals surface area contributed by atoms with Crippen LogP contribution in [0.1, 0.15) is 41.0 Å². The number of ether oxygens (including phenoxy) is 1. The molecule has 0 aliphatic carbocycles. The Morgan fingerprint density at radius 1 is 1.35 bits per heavy atom. The zero-order valence-electron chi connectivity index (χ0n) is 11.5. The van der Waals surface area contributed by atoms with Gasteiger partial charge in [0.15, 0.2) is 5.03 Å². The minimum absolute atomic E-state index is 0.0558. The molecule has 0 atom stereocenters. The van der Waals surface area contributed by atoms with Gasteiger partial charge in [0, 0.05) is 6.54 Å². The summed E-state index contributed by atoms with van der Waals surface area (Å²) in [6.45, 7) is 11.5. The van der Waals surface area contributed by atoms with Crippen molar-refractivity contribution < 1.29 is 9.77 Å². The van der Waals surface area contributed by atoms with Gasteiger partial charge in [-0.05, 0) is 17.3 Å². The maximum Gasteiger partial charge on any atom is 0.358 e. The second-order valence-electron chi connectivity index (χ2n) is 5.66. The number of hydrogen-bond acceptors (Lipinski definition) is 3. The van der Waals surface area contributed by atoms with E-state index in [0.29, 0.717) is 6.54 Å². The first-order chi connectivity index (χ1) is 7.60. The fourth-order valence-corrected chi connectivity index (χ4v) is 1.08. The summed E-state index contributed by atoms with van der Waals surface area (Å²) in [7, 11) is 1.35. The van der Waals surface area contributed by atoms with Gasteiger partial charge in [0.2, 0.25) is 0 Å². The summed E-state index contributed by atoms with van der Waals surface area (Å²) >= 11 is 0. The van der Waals surface area contributed by atoms with Gasteiger partial charge in [-0.2, -0.15) is 0 Å². The predicted molar refractivity (Wildman–Crippen MR) is 67.3 cm³/mol. The van der Waals surface area contributed by atoms with Gasteiger partial charge >= 0.3 is 6.02 Å². The summed E-state index contributed by atoms with van der Waals surface area (Å²) in [5.41, 5.74) is 0.287. The highest BCUT2D eigenvalue weighted by Gasteiger charge is 2.32. The highest BCUT2D eigenvalue weighted by atomic mass is 16.7. The zero-order chi connectivity index (χ0) is 13.7. The molecule has 0 bridgehead atoms. The molecule has 1 N–H and O–H groups in total. The first kappa shape index (κ1) is 15.7. The molecule has 0 aliphatic heterocycles. The van der Waals surface area contributed by atoms with Crippen LogP contribution in [0.15, 0.2) is 5.10 Å². The van der Waals surface area contributed by atoms with Crippen LogP contribution >= 0.6 is 0 Å². The fraction of sp³-hybridized carbons (Fsp3) is 0.909. The largest absolute Gasteiger partial charge is 0.464 e. The van der Waals surface area contributed by atoms with Crippen LogP contribution in [-0.4, -0.2) is 24.7 Å². The molecule has 0 aromatic heterocycles. The minimum Gasteiger partial charge on any atom is -0.464 e. The first-order valence-electron chi connectivity index (χ1n) is 5.61. The average molecular weight is 245 g/mol. The summed E-state index contributed by atoms with van der Waals surface area (Å²) < 4.78 is 4.76. The van der Waals surface area contributed by atoms with E-state index in [9.17, 15) is 10.1 Å². The van der Waals surface area contributed by atoms with Gasteiger partial charge in [-0.25, -0.2) is 10.1 Å². The molecular weight excluding hydrogens is 222 g/mol. The van der Waals surface area contributed by atoms with Crippen molar-refractivity contribution in [3.8, 4) is 0 Å². The molecular formula is C11H23N3O3.